The molecule has 1 fully saturated rings. The third kappa shape index (κ3) is 2.98. The van der Waals surface area contributed by atoms with Crippen molar-refractivity contribution >= 4 is 12.6 Å². The Morgan fingerprint density at radius 3 is 2.47 bits per heavy atom. The summed E-state index contributed by atoms with van der Waals surface area (Å²) < 4.78 is 29.5. The van der Waals surface area contributed by atoms with Gasteiger partial charge in [-0.1, -0.05) is 13.8 Å². The zero-order valence-corrected chi connectivity index (χ0v) is 10.3. The number of benzene rings is 1. The highest BCUT2D eigenvalue weighted by Crippen LogP contribution is 2.22. The maximum absolute atomic E-state index is 13.3. The van der Waals surface area contributed by atoms with Gasteiger partial charge in [-0.15, -0.1) is 0 Å². The Morgan fingerprint density at radius 1 is 1.24 bits per heavy atom. The van der Waals surface area contributed by atoms with E-state index in [2.05, 4.69) is 13.8 Å². The van der Waals surface area contributed by atoms with Crippen LogP contribution < -0.4 is 10.2 Å². The first-order chi connectivity index (χ1) is 8.00. The standard InChI is InChI=1S/C12H16BFO3/c1-12(2)7-16-13(17-8-12)9-4-10(14)6-11(5-9)15-3/h4-6H,7-8H2,1-3H3. The Hall–Kier alpha value is -1.07. The molecule has 1 aromatic carbocycles. The summed E-state index contributed by atoms with van der Waals surface area (Å²) in [6.45, 7) is 5.32. The van der Waals surface area contributed by atoms with E-state index in [-0.39, 0.29) is 11.2 Å². The molecule has 1 saturated heterocycles. The second-order valence-electron chi connectivity index (χ2n) is 5.04. The number of hydrogen-bond acceptors (Lipinski definition) is 3. The van der Waals surface area contributed by atoms with E-state index >= 15 is 0 Å². The van der Waals surface area contributed by atoms with Crippen molar-refractivity contribution in [3.8, 4) is 5.75 Å². The number of hydrogen-bond donors (Lipinski definition) is 0. The molecule has 0 saturated carbocycles. The van der Waals surface area contributed by atoms with Gasteiger partial charge in [0, 0.05) is 24.7 Å². The lowest BCUT2D eigenvalue weighted by Gasteiger charge is -2.33. The van der Waals surface area contributed by atoms with Gasteiger partial charge in [-0.2, -0.15) is 0 Å². The molecule has 0 bridgehead atoms. The molecule has 0 aliphatic carbocycles. The van der Waals surface area contributed by atoms with E-state index in [0.29, 0.717) is 24.4 Å². The molecule has 5 heteroatoms. The molecule has 0 amide bonds. The highest BCUT2D eigenvalue weighted by Gasteiger charge is 2.33. The van der Waals surface area contributed by atoms with Crippen LogP contribution in [0.25, 0.3) is 0 Å². The fourth-order valence-corrected chi connectivity index (χ4v) is 1.72. The van der Waals surface area contributed by atoms with Crippen molar-refractivity contribution in [3.63, 3.8) is 0 Å². The summed E-state index contributed by atoms with van der Waals surface area (Å²) in [5, 5.41) is 0. The van der Waals surface area contributed by atoms with Gasteiger partial charge in [-0.3, -0.25) is 0 Å². The molecule has 0 aromatic heterocycles. The lowest BCUT2D eigenvalue weighted by molar-refractivity contribution is 0.0343. The van der Waals surface area contributed by atoms with Gasteiger partial charge in [0.1, 0.15) is 11.6 Å². The maximum atomic E-state index is 13.3. The lowest BCUT2D eigenvalue weighted by Crippen LogP contribution is -2.47. The van der Waals surface area contributed by atoms with Gasteiger partial charge in [0.15, 0.2) is 0 Å². The van der Waals surface area contributed by atoms with Crippen LogP contribution in [0.4, 0.5) is 4.39 Å². The van der Waals surface area contributed by atoms with E-state index in [1.54, 1.807) is 6.07 Å². The maximum Gasteiger partial charge on any atom is 0.494 e. The highest BCUT2D eigenvalue weighted by molar-refractivity contribution is 6.61. The minimum Gasteiger partial charge on any atom is -0.497 e. The molecule has 3 nitrogen and oxygen atoms in total. The third-order valence-corrected chi connectivity index (χ3v) is 2.65. The largest absolute Gasteiger partial charge is 0.497 e. The monoisotopic (exact) mass is 238 g/mol. The fourth-order valence-electron chi connectivity index (χ4n) is 1.72. The molecule has 2 rings (SSSR count). The zero-order valence-electron chi connectivity index (χ0n) is 10.3. The SMILES string of the molecule is COc1cc(F)cc(B2OCC(C)(C)CO2)c1. The Kier molecular flexibility index (Phi) is 3.40. The molecule has 1 aliphatic heterocycles. The molecule has 1 aliphatic rings. The summed E-state index contributed by atoms with van der Waals surface area (Å²) in [5.74, 6) is 0.119. The van der Waals surface area contributed by atoms with Gasteiger partial charge in [0.25, 0.3) is 0 Å². The van der Waals surface area contributed by atoms with Gasteiger partial charge in [0.05, 0.1) is 7.11 Å². The van der Waals surface area contributed by atoms with Crippen molar-refractivity contribution in [1.82, 2.24) is 0 Å². The Morgan fingerprint density at radius 2 is 1.88 bits per heavy atom. The summed E-state index contributed by atoms with van der Waals surface area (Å²) in [5.41, 5.74) is 0.658. The summed E-state index contributed by atoms with van der Waals surface area (Å²) in [7, 11) is 0.997. The van der Waals surface area contributed by atoms with Crippen molar-refractivity contribution < 1.29 is 18.4 Å². The topological polar surface area (TPSA) is 27.7 Å². The molecule has 17 heavy (non-hydrogen) atoms. The molecule has 92 valence electrons. The highest BCUT2D eigenvalue weighted by atomic mass is 19.1. The van der Waals surface area contributed by atoms with Crippen LogP contribution in [0, 0.1) is 11.2 Å². The van der Waals surface area contributed by atoms with Crippen LogP contribution in [0.2, 0.25) is 0 Å². The first kappa shape index (κ1) is 12.4. The average molecular weight is 238 g/mol. The van der Waals surface area contributed by atoms with Crippen molar-refractivity contribution in [2.45, 2.75) is 13.8 Å². The van der Waals surface area contributed by atoms with E-state index in [4.69, 9.17) is 14.0 Å². The predicted octanol–water partition coefficient (Wildman–Crippen LogP) is 1.60. The first-order valence-electron chi connectivity index (χ1n) is 5.58. The molecule has 1 heterocycles. The van der Waals surface area contributed by atoms with Crippen LogP contribution >= 0.6 is 0 Å². The van der Waals surface area contributed by atoms with Crippen LogP contribution in [-0.2, 0) is 9.31 Å². The Balaban J connectivity index is 2.15. The number of rotatable bonds is 2. The average Bonchev–Trinajstić information content (AvgIpc) is 2.28. The second kappa shape index (κ2) is 4.66. The number of methoxy groups -OCH3 is 1. The summed E-state index contributed by atoms with van der Waals surface area (Å²) in [6, 6.07) is 4.47. The normalized spacial score (nSPS) is 19.2. The molecular weight excluding hydrogens is 222 g/mol. The molecule has 0 spiro atoms. The fraction of sp³-hybridized carbons (Fsp3) is 0.500. The van der Waals surface area contributed by atoms with E-state index in [1.807, 2.05) is 0 Å². The summed E-state index contributed by atoms with van der Waals surface area (Å²) in [4.78, 5) is 0. The number of ether oxygens (including phenoxy) is 1. The van der Waals surface area contributed by atoms with Crippen molar-refractivity contribution in [2.75, 3.05) is 20.3 Å². The Bertz CT molecular complexity index is 399. The van der Waals surface area contributed by atoms with Crippen molar-refractivity contribution in [1.29, 1.82) is 0 Å². The quantitative estimate of drug-likeness (QED) is 0.732. The van der Waals surface area contributed by atoms with Gasteiger partial charge >= 0.3 is 7.12 Å². The van der Waals surface area contributed by atoms with E-state index in [9.17, 15) is 4.39 Å². The van der Waals surface area contributed by atoms with E-state index in [0.717, 1.165) is 0 Å². The van der Waals surface area contributed by atoms with Gasteiger partial charge < -0.3 is 14.0 Å². The Labute approximate surface area is 101 Å². The van der Waals surface area contributed by atoms with Gasteiger partial charge in [-0.25, -0.2) is 4.39 Å². The van der Waals surface area contributed by atoms with Gasteiger partial charge in [-0.05, 0) is 17.6 Å². The molecule has 0 atom stereocenters. The van der Waals surface area contributed by atoms with Crippen LogP contribution in [0.1, 0.15) is 13.8 Å². The molecule has 1 aromatic rings. The molecule has 0 radical (unpaired) electrons. The van der Waals surface area contributed by atoms with E-state index in [1.165, 1.54) is 19.2 Å². The van der Waals surface area contributed by atoms with Crippen molar-refractivity contribution in [3.05, 3.63) is 24.0 Å². The van der Waals surface area contributed by atoms with E-state index < -0.39 is 7.12 Å². The first-order valence-corrected chi connectivity index (χ1v) is 5.58. The third-order valence-electron chi connectivity index (χ3n) is 2.65. The van der Waals surface area contributed by atoms with Gasteiger partial charge in [0.2, 0.25) is 0 Å². The summed E-state index contributed by atoms with van der Waals surface area (Å²) in [6.07, 6.45) is 0. The van der Waals surface area contributed by atoms with Crippen LogP contribution in [0.3, 0.4) is 0 Å². The lowest BCUT2D eigenvalue weighted by atomic mass is 9.76. The molecule has 0 N–H and O–H groups in total. The summed E-state index contributed by atoms with van der Waals surface area (Å²) >= 11 is 0. The minimum atomic E-state index is -0.507. The molecule has 0 unspecified atom stereocenters. The molecular formula is C12H16BFO3. The second-order valence-corrected chi connectivity index (χ2v) is 5.04. The zero-order chi connectivity index (χ0) is 12.5. The minimum absolute atomic E-state index is 0.00785. The van der Waals surface area contributed by atoms with Crippen molar-refractivity contribution in [2.24, 2.45) is 5.41 Å². The number of halogens is 1. The predicted molar refractivity (Wildman–Crippen MR) is 64.0 cm³/mol. The smallest absolute Gasteiger partial charge is 0.494 e. The van der Waals surface area contributed by atoms with Crippen LogP contribution in [-0.4, -0.2) is 27.4 Å². The van der Waals surface area contributed by atoms with Crippen LogP contribution in [0.5, 0.6) is 5.75 Å². The van der Waals surface area contributed by atoms with Crippen LogP contribution in [0.15, 0.2) is 18.2 Å².